The summed E-state index contributed by atoms with van der Waals surface area (Å²) in [5.41, 5.74) is 0.874. The molecular formula is C14H18O3S. The summed E-state index contributed by atoms with van der Waals surface area (Å²) in [5.74, 6) is -0.839. The van der Waals surface area contributed by atoms with Gasteiger partial charge in [0.1, 0.15) is 5.75 Å². The Labute approximate surface area is 108 Å². The number of carbonyl (C=O) groups is 1. The number of ketones is 1. The van der Waals surface area contributed by atoms with Gasteiger partial charge in [0.25, 0.3) is 0 Å². The van der Waals surface area contributed by atoms with Crippen LogP contribution >= 0.6 is 0 Å². The van der Waals surface area contributed by atoms with Gasteiger partial charge < -0.3 is 0 Å². The van der Waals surface area contributed by atoms with Crippen molar-refractivity contribution in [1.82, 2.24) is 0 Å². The lowest BCUT2D eigenvalue weighted by Gasteiger charge is -2.17. The van der Waals surface area contributed by atoms with E-state index < -0.39 is 26.1 Å². The second-order valence-electron chi connectivity index (χ2n) is 5.08. The number of allylic oxidation sites excluding steroid dienone is 1. The zero-order chi connectivity index (χ0) is 13.8. The molecule has 0 amide bonds. The van der Waals surface area contributed by atoms with Crippen molar-refractivity contribution < 1.29 is 13.2 Å². The molecule has 1 rings (SSSR count). The molecule has 0 saturated carbocycles. The minimum absolute atomic E-state index is 0.395. The van der Waals surface area contributed by atoms with Gasteiger partial charge in [-0.25, -0.2) is 8.42 Å². The Morgan fingerprint density at radius 3 is 2.22 bits per heavy atom. The van der Waals surface area contributed by atoms with Gasteiger partial charge in [-0.3, -0.25) is 4.79 Å². The molecule has 0 atom stereocenters. The number of benzene rings is 1. The summed E-state index contributed by atoms with van der Waals surface area (Å²) in [4.78, 5) is 11.6. The van der Waals surface area contributed by atoms with Crippen LogP contribution in [0.2, 0.25) is 0 Å². The molecule has 0 bridgehead atoms. The van der Waals surface area contributed by atoms with Crippen LogP contribution in [0.25, 0.3) is 6.08 Å². The van der Waals surface area contributed by atoms with Gasteiger partial charge >= 0.3 is 0 Å². The van der Waals surface area contributed by atoms with Gasteiger partial charge in [-0.05, 0) is 32.4 Å². The monoisotopic (exact) mass is 266 g/mol. The first-order valence-electron chi connectivity index (χ1n) is 5.71. The van der Waals surface area contributed by atoms with Crippen LogP contribution in [0.15, 0.2) is 36.4 Å². The molecule has 0 aliphatic carbocycles. The van der Waals surface area contributed by atoms with E-state index in [1.807, 2.05) is 30.3 Å². The maximum absolute atomic E-state index is 11.8. The Morgan fingerprint density at radius 1 is 1.17 bits per heavy atom. The molecule has 0 spiro atoms. The predicted octanol–water partition coefficient (Wildman–Crippen LogP) is 2.48. The number of rotatable bonds is 4. The smallest absolute Gasteiger partial charge is 0.170 e. The van der Waals surface area contributed by atoms with Gasteiger partial charge in [-0.15, -0.1) is 0 Å². The van der Waals surface area contributed by atoms with Gasteiger partial charge in [-0.2, -0.15) is 0 Å². The summed E-state index contributed by atoms with van der Waals surface area (Å²) in [6.07, 6.45) is 2.94. The van der Waals surface area contributed by atoms with Crippen molar-refractivity contribution >= 4 is 21.7 Å². The van der Waals surface area contributed by atoms with Crippen LogP contribution in [0.5, 0.6) is 0 Å². The molecule has 0 aliphatic heterocycles. The Kier molecular flexibility index (Phi) is 4.46. The fourth-order valence-corrected chi connectivity index (χ4v) is 2.11. The van der Waals surface area contributed by atoms with E-state index >= 15 is 0 Å². The molecule has 0 fully saturated rings. The average molecular weight is 266 g/mol. The van der Waals surface area contributed by atoms with E-state index in [0.29, 0.717) is 0 Å². The van der Waals surface area contributed by atoms with Gasteiger partial charge in [0, 0.05) is 0 Å². The Hall–Kier alpha value is -1.42. The largest absolute Gasteiger partial charge is 0.294 e. The highest BCUT2D eigenvalue weighted by Gasteiger charge is 2.30. The van der Waals surface area contributed by atoms with Crippen LogP contribution in [-0.2, 0) is 14.6 Å². The molecular weight excluding hydrogens is 248 g/mol. The topological polar surface area (TPSA) is 51.2 Å². The molecule has 98 valence electrons. The van der Waals surface area contributed by atoms with Gasteiger partial charge in [0.15, 0.2) is 15.6 Å². The first-order valence-corrected chi connectivity index (χ1v) is 7.36. The van der Waals surface area contributed by atoms with E-state index in [2.05, 4.69) is 0 Å². The molecule has 0 heterocycles. The Morgan fingerprint density at radius 2 is 1.72 bits per heavy atom. The van der Waals surface area contributed by atoms with Gasteiger partial charge in [0.05, 0.1) is 4.75 Å². The van der Waals surface area contributed by atoms with Crippen LogP contribution in [0.1, 0.15) is 26.3 Å². The number of sulfone groups is 1. The van der Waals surface area contributed by atoms with Crippen molar-refractivity contribution in [1.29, 1.82) is 0 Å². The van der Waals surface area contributed by atoms with Gasteiger partial charge in [0.2, 0.25) is 0 Å². The summed E-state index contributed by atoms with van der Waals surface area (Å²) in [5, 5.41) is 0. The summed E-state index contributed by atoms with van der Waals surface area (Å²) in [7, 11) is -3.40. The van der Waals surface area contributed by atoms with Crippen LogP contribution in [-0.4, -0.2) is 24.7 Å². The molecule has 1 aromatic carbocycles. The van der Waals surface area contributed by atoms with E-state index in [1.54, 1.807) is 26.8 Å². The van der Waals surface area contributed by atoms with Crippen LogP contribution in [0, 0.1) is 0 Å². The number of hydrogen-bond donors (Lipinski definition) is 0. The van der Waals surface area contributed by atoms with Crippen molar-refractivity contribution in [2.45, 2.75) is 25.5 Å². The zero-order valence-electron chi connectivity index (χ0n) is 10.9. The lowest BCUT2D eigenvalue weighted by molar-refractivity contribution is -0.112. The number of hydrogen-bond acceptors (Lipinski definition) is 3. The van der Waals surface area contributed by atoms with Crippen molar-refractivity contribution in [2.24, 2.45) is 0 Å². The minimum Gasteiger partial charge on any atom is -0.294 e. The third kappa shape index (κ3) is 4.11. The highest BCUT2D eigenvalue weighted by molar-refractivity contribution is 7.93. The standard InChI is InChI=1S/C14H18O3S/c1-14(2,3)18(16,17)11-13(15)10-9-12-7-5-4-6-8-12/h4-10H,11H2,1-3H3/b10-9+. The highest BCUT2D eigenvalue weighted by Crippen LogP contribution is 2.16. The molecule has 0 N–H and O–H groups in total. The lowest BCUT2D eigenvalue weighted by Crippen LogP contribution is -2.32. The van der Waals surface area contributed by atoms with E-state index in [4.69, 9.17) is 0 Å². The third-order valence-electron chi connectivity index (χ3n) is 2.53. The van der Waals surface area contributed by atoms with Crippen LogP contribution < -0.4 is 0 Å². The minimum atomic E-state index is -3.40. The average Bonchev–Trinajstić information content (AvgIpc) is 2.26. The van der Waals surface area contributed by atoms with E-state index in [1.165, 1.54) is 6.08 Å². The van der Waals surface area contributed by atoms with E-state index in [9.17, 15) is 13.2 Å². The third-order valence-corrected chi connectivity index (χ3v) is 5.06. The summed E-state index contributed by atoms with van der Waals surface area (Å²) < 4.78 is 22.7. The molecule has 3 nitrogen and oxygen atoms in total. The van der Waals surface area contributed by atoms with Crippen LogP contribution in [0.3, 0.4) is 0 Å². The molecule has 0 aliphatic rings. The maximum atomic E-state index is 11.8. The van der Waals surface area contributed by atoms with Crippen LogP contribution in [0.4, 0.5) is 0 Å². The fourth-order valence-electron chi connectivity index (χ4n) is 1.21. The molecule has 18 heavy (non-hydrogen) atoms. The maximum Gasteiger partial charge on any atom is 0.170 e. The lowest BCUT2D eigenvalue weighted by atomic mass is 10.2. The SMILES string of the molecule is CC(C)(C)S(=O)(=O)CC(=O)/C=C/c1ccccc1. The number of carbonyl (C=O) groups excluding carboxylic acids is 1. The molecule has 4 heteroatoms. The highest BCUT2D eigenvalue weighted by atomic mass is 32.2. The first-order chi connectivity index (χ1) is 8.22. The van der Waals surface area contributed by atoms with E-state index in [0.717, 1.165) is 5.56 Å². The zero-order valence-corrected chi connectivity index (χ0v) is 11.7. The molecule has 0 unspecified atom stereocenters. The summed E-state index contributed by atoms with van der Waals surface area (Å²) in [6.45, 7) is 4.78. The molecule has 0 saturated heterocycles. The molecule has 1 aromatic rings. The second-order valence-corrected chi connectivity index (χ2v) is 7.82. The van der Waals surface area contributed by atoms with Gasteiger partial charge in [-0.1, -0.05) is 36.4 Å². The second kappa shape index (κ2) is 5.48. The van der Waals surface area contributed by atoms with Crippen molar-refractivity contribution in [2.75, 3.05) is 5.75 Å². The first kappa shape index (κ1) is 14.6. The van der Waals surface area contributed by atoms with Crippen molar-refractivity contribution in [3.63, 3.8) is 0 Å². The normalized spacial score (nSPS) is 12.8. The molecule has 0 radical (unpaired) electrons. The predicted molar refractivity (Wildman–Crippen MR) is 74.0 cm³/mol. The summed E-state index contributed by atoms with van der Waals surface area (Å²) >= 11 is 0. The summed E-state index contributed by atoms with van der Waals surface area (Å²) in [6, 6.07) is 9.29. The quantitative estimate of drug-likeness (QED) is 0.787. The van der Waals surface area contributed by atoms with Crippen molar-refractivity contribution in [3.8, 4) is 0 Å². The molecule has 0 aromatic heterocycles. The fraction of sp³-hybridized carbons (Fsp3) is 0.357. The Balaban J connectivity index is 2.72. The van der Waals surface area contributed by atoms with E-state index in [-0.39, 0.29) is 0 Å². The van der Waals surface area contributed by atoms with Crippen molar-refractivity contribution in [3.05, 3.63) is 42.0 Å². The Bertz CT molecular complexity index is 534.